The Hall–Kier alpha value is -0.0800. The maximum absolute atomic E-state index is 2.64. The van der Waals surface area contributed by atoms with Crippen LogP contribution in [0.3, 0.4) is 0 Å². The van der Waals surface area contributed by atoms with Gasteiger partial charge in [0.1, 0.15) is 0 Å². The zero-order chi connectivity index (χ0) is 11.3. The molecule has 0 bridgehead atoms. The molecule has 15 heavy (non-hydrogen) atoms. The molecule has 2 nitrogen and oxygen atoms in total. The number of piperidine rings is 1. The summed E-state index contributed by atoms with van der Waals surface area (Å²) in [6.07, 6.45) is 4.15. The fraction of sp³-hybridized carbons (Fsp3) is 1.00. The molecule has 0 aromatic heterocycles. The fourth-order valence-corrected chi connectivity index (χ4v) is 2.45. The van der Waals surface area contributed by atoms with Gasteiger partial charge in [-0.1, -0.05) is 13.8 Å². The molecular weight excluding hydrogens is 184 g/mol. The zero-order valence-corrected chi connectivity index (χ0v) is 11.0. The summed E-state index contributed by atoms with van der Waals surface area (Å²) in [4.78, 5) is 4.92. The molecule has 1 aliphatic rings. The van der Waals surface area contributed by atoms with Crippen LogP contribution < -0.4 is 0 Å². The van der Waals surface area contributed by atoms with Gasteiger partial charge in [0.2, 0.25) is 0 Å². The van der Waals surface area contributed by atoms with E-state index in [-0.39, 0.29) is 0 Å². The van der Waals surface area contributed by atoms with E-state index in [1.165, 1.54) is 45.4 Å². The minimum atomic E-state index is 0.883. The molecule has 2 heteroatoms. The predicted octanol–water partition coefficient (Wildman–Crippen LogP) is 2.31. The van der Waals surface area contributed by atoms with E-state index in [4.69, 9.17) is 0 Å². The summed E-state index contributed by atoms with van der Waals surface area (Å²) < 4.78 is 0. The Balaban J connectivity index is 2.09. The van der Waals surface area contributed by atoms with E-state index in [2.05, 4.69) is 37.7 Å². The summed E-state index contributed by atoms with van der Waals surface area (Å²) in [5, 5.41) is 0. The summed E-state index contributed by atoms with van der Waals surface area (Å²) in [6.45, 7) is 9.92. The van der Waals surface area contributed by atoms with Gasteiger partial charge in [0.05, 0.1) is 0 Å². The molecule has 0 unspecified atom stereocenters. The number of likely N-dealkylation sites (tertiary alicyclic amines) is 1. The van der Waals surface area contributed by atoms with Crippen LogP contribution >= 0.6 is 0 Å². The van der Waals surface area contributed by atoms with Crippen LogP contribution in [0.25, 0.3) is 0 Å². The summed E-state index contributed by atoms with van der Waals surface area (Å²) in [5.74, 6) is 1.86. The van der Waals surface area contributed by atoms with Crippen molar-refractivity contribution in [2.45, 2.75) is 33.1 Å². The van der Waals surface area contributed by atoms with Gasteiger partial charge in [-0.05, 0) is 71.4 Å². The average Bonchev–Trinajstić information content (AvgIpc) is 2.18. The van der Waals surface area contributed by atoms with Gasteiger partial charge in [0.15, 0.2) is 0 Å². The Morgan fingerprint density at radius 1 is 1.20 bits per heavy atom. The van der Waals surface area contributed by atoms with Crippen molar-refractivity contribution in [2.75, 3.05) is 40.3 Å². The van der Waals surface area contributed by atoms with Crippen molar-refractivity contribution in [2.24, 2.45) is 11.8 Å². The Morgan fingerprint density at radius 2 is 1.80 bits per heavy atom. The highest BCUT2D eigenvalue weighted by molar-refractivity contribution is 4.74. The smallest absolute Gasteiger partial charge is 0.000655 e. The van der Waals surface area contributed by atoms with Gasteiger partial charge in [-0.2, -0.15) is 0 Å². The molecule has 0 N–H and O–H groups in total. The van der Waals surface area contributed by atoms with Crippen LogP contribution in [0.2, 0.25) is 0 Å². The van der Waals surface area contributed by atoms with Crippen molar-refractivity contribution < 1.29 is 0 Å². The molecule has 0 radical (unpaired) electrons. The third-order valence-corrected chi connectivity index (χ3v) is 3.65. The molecule has 0 aromatic carbocycles. The highest BCUT2D eigenvalue weighted by Gasteiger charge is 2.20. The number of rotatable bonds is 5. The lowest BCUT2D eigenvalue weighted by atomic mass is 9.87. The quantitative estimate of drug-likeness (QED) is 0.690. The lowest BCUT2D eigenvalue weighted by molar-refractivity contribution is 0.153. The maximum atomic E-state index is 2.64. The van der Waals surface area contributed by atoms with E-state index in [9.17, 15) is 0 Å². The van der Waals surface area contributed by atoms with Crippen LogP contribution in [0, 0.1) is 11.8 Å². The minimum Gasteiger partial charge on any atom is -0.309 e. The van der Waals surface area contributed by atoms with E-state index in [0.717, 1.165) is 11.8 Å². The van der Waals surface area contributed by atoms with Gasteiger partial charge < -0.3 is 9.80 Å². The van der Waals surface area contributed by atoms with Gasteiger partial charge in [0, 0.05) is 0 Å². The largest absolute Gasteiger partial charge is 0.309 e. The Kier molecular flexibility index (Phi) is 5.62. The van der Waals surface area contributed by atoms with Crippen molar-refractivity contribution in [3.05, 3.63) is 0 Å². The third kappa shape index (κ3) is 4.98. The molecule has 1 aliphatic heterocycles. The molecule has 1 fully saturated rings. The number of nitrogens with zero attached hydrogens (tertiary/aromatic N) is 2. The molecule has 1 saturated heterocycles. The molecule has 1 heterocycles. The van der Waals surface area contributed by atoms with Gasteiger partial charge >= 0.3 is 0 Å². The first-order valence-corrected chi connectivity index (χ1v) is 6.46. The molecule has 0 aliphatic carbocycles. The average molecular weight is 212 g/mol. The monoisotopic (exact) mass is 212 g/mol. The van der Waals surface area contributed by atoms with E-state index in [0.29, 0.717) is 0 Å². The molecule has 0 aromatic rings. The minimum absolute atomic E-state index is 0.883. The van der Waals surface area contributed by atoms with E-state index >= 15 is 0 Å². The van der Waals surface area contributed by atoms with Crippen LogP contribution in [0.4, 0.5) is 0 Å². The topological polar surface area (TPSA) is 6.48 Å². The Morgan fingerprint density at radius 3 is 2.27 bits per heavy atom. The lowest BCUT2D eigenvalue weighted by Crippen LogP contribution is -2.36. The molecule has 0 saturated carbocycles. The highest BCUT2D eigenvalue weighted by Crippen LogP contribution is 2.24. The van der Waals surface area contributed by atoms with Crippen LogP contribution in [-0.2, 0) is 0 Å². The van der Waals surface area contributed by atoms with Crippen molar-refractivity contribution >= 4 is 0 Å². The first-order valence-electron chi connectivity index (χ1n) is 6.46. The standard InChI is InChI=1S/C13H28N2/c1-12(2)13-6-10-15(11-7-13)9-5-8-14(3)4/h12-13H,5-11H2,1-4H3. The van der Waals surface area contributed by atoms with E-state index in [1.54, 1.807) is 0 Å². The maximum Gasteiger partial charge on any atom is -0.000655 e. The molecular formula is C13H28N2. The number of hydrogen-bond acceptors (Lipinski definition) is 2. The summed E-state index contributed by atoms with van der Waals surface area (Å²) in [7, 11) is 4.32. The van der Waals surface area contributed by atoms with Crippen LogP contribution in [0.15, 0.2) is 0 Å². The fourth-order valence-electron chi connectivity index (χ4n) is 2.45. The van der Waals surface area contributed by atoms with E-state index < -0.39 is 0 Å². The van der Waals surface area contributed by atoms with Gasteiger partial charge in [-0.3, -0.25) is 0 Å². The van der Waals surface area contributed by atoms with Gasteiger partial charge in [-0.15, -0.1) is 0 Å². The highest BCUT2D eigenvalue weighted by atomic mass is 15.1. The van der Waals surface area contributed by atoms with Gasteiger partial charge in [0.25, 0.3) is 0 Å². The van der Waals surface area contributed by atoms with Crippen molar-refractivity contribution in [3.8, 4) is 0 Å². The number of hydrogen-bond donors (Lipinski definition) is 0. The summed E-state index contributed by atoms with van der Waals surface area (Å²) in [6, 6.07) is 0. The second kappa shape index (κ2) is 6.49. The second-order valence-electron chi connectivity index (χ2n) is 5.58. The first-order chi connectivity index (χ1) is 7.09. The third-order valence-electron chi connectivity index (χ3n) is 3.65. The normalized spacial score (nSPS) is 20.4. The van der Waals surface area contributed by atoms with Crippen molar-refractivity contribution in [1.29, 1.82) is 0 Å². The Bertz CT molecular complexity index is 155. The first kappa shape index (κ1) is 13.0. The zero-order valence-electron chi connectivity index (χ0n) is 11.0. The second-order valence-corrected chi connectivity index (χ2v) is 5.58. The van der Waals surface area contributed by atoms with Crippen LogP contribution in [-0.4, -0.2) is 50.1 Å². The SMILES string of the molecule is CC(C)C1CCN(CCCN(C)C)CC1. The van der Waals surface area contributed by atoms with Crippen LogP contribution in [0.1, 0.15) is 33.1 Å². The van der Waals surface area contributed by atoms with Crippen molar-refractivity contribution in [3.63, 3.8) is 0 Å². The molecule has 1 rings (SSSR count). The lowest BCUT2D eigenvalue weighted by Gasteiger charge is -2.34. The molecule has 90 valence electrons. The molecule has 0 spiro atoms. The predicted molar refractivity (Wildman–Crippen MR) is 67.2 cm³/mol. The van der Waals surface area contributed by atoms with Crippen LogP contribution in [0.5, 0.6) is 0 Å². The van der Waals surface area contributed by atoms with E-state index in [1.807, 2.05) is 0 Å². The molecule has 0 atom stereocenters. The summed E-state index contributed by atoms with van der Waals surface area (Å²) >= 11 is 0. The van der Waals surface area contributed by atoms with Gasteiger partial charge in [-0.25, -0.2) is 0 Å². The Labute approximate surface area is 95.6 Å². The van der Waals surface area contributed by atoms with Crippen molar-refractivity contribution in [1.82, 2.24) is 9.80 Å². The molecule has 0 amide bonds. The summed E-state index contributed by atoms with van der Waals surface area (Å²) in [5.41, 5.74) is 0.